The van der Waals surface area contributed by atoms with E-state index in [1.165, 1.54) is 7.05 Å². The van der Waals surface area contributed by atoms with Gasteiger partial charge in [0.05, 0.1) is 0 Å². The van der Waals surface area contributed by atoms with Gasteiger partial charge in [-0.25, -0.2) is 4.79 Å². The van der Waals surface area contributed by atoms with E-state index in [1.54, 1.807) is 0 Å². The summed E-state index contributed by atoms with van der Waals surface area (Å²) in [6.45, 7) is -0.324. The average Bonchev–Trinajstić information content (AvgIpc) is 1.99. The van der Waals surface area contributed by atoms with Crippen LogP contribution >= 0.6 is 0 Å². The zero-order valence-corrected chi connectivity index (χ0v) is 6.03. The number of ether oxygens (including phenoxy) is 1. The van der Waals surface area contributed by atoms with Gasteiger partial charge < -0.3 is 20.9 Å². The molecule has 6 nitrogen and oxygen atoms in total. The molecule has 0 saturated heterocycles. The van der Waals surface area contributed by atoms with E-state index in [2.05, 4.69) is 10.1 Å². The Bertz CT molecular complexity index is 159. The minimum Gasteiger partial charge on any atom is -0.480 e. The normalized spacial score (nSPS) is 11.8. The van der Waals surface area contributed by atoms with Gasteiger partial charge in [-0.05, 0) is 0 Å². The number of nitrogens with one attached hydrogen (secondary N) is 1. The third-order valence-electron chi connectivity index (χ3n) is 0.915. The molecule has 4 N–H and O–H groups in total. The molecule has 1 atom stereocenters. The van der Waals surface area contributed by atoms with Crippen molar-refractivity contribution in [2.24, 2.45) is 5.73 Å². The van der Waals surface area contributed by atoms with Crippen LogP contribution in [0.2, 0.25) is 0 Å². The Morgan fingerprint density at radius 2 is 2.27 bits per heavy atom. The lowest BCUT2D eigenvalue weighted by atomic mass is 10.3. The Labute approximate surface area is 63.3 Å². The van der Waals surface area contributed by atoms with Gasteiger partial charge in [0.25, 0.3) is 0 Å². The van der Waals surface area contributed by atoms with Crippen molar-refractivity contribution in [2.75, 3.05) is 13.7 Å². The minimum absolute atomic E-state index is 0.324. The number of aliphatic carboxylic acids is 1. The van der Waals surface area contributed by atoms with Crippen LogP contribution in [-0.4, -0.2) is 36.9 Å². The van der Waals surface area contributed by atoms with Crippen LogP contribution in [-0.2, 0) is 9.53 Å². The molecule has 0 rings (SSSR count). The molecule has 0 aliphatic heterocycles. The highest BCUT2D eigenvalue weighted by molar-refractivity contribution is 5.74. The lowest BCUT2D eigenvalue weighted by molar-refractivity contribution is -0.139. The molecule has 0 saturated carbocycles. The van der Waals surface area contributed by atoms with Crippen molar-refractivity contribution in [1.82, 2.24) is 5.32 Å². The van der Waals surface area contributed by atoms with Crippen LogP contribution in [0.5, 0.6) is 0 Å². The quantitative estimate of drug-likeness (QED) is 0.481. The van der Waals surface area contributed by atoms with Crippen LogP contribution in [0.25, 0.3) is 0 Å². The molecule has 0 aromatic heterocycles. The van der Waals surface area contributed by atoms with E-state index in [-0.39, 0.29) is 6.61 Å². The number of carboxylic acid groups (broad SMARTS) is 1. The first kappa shape index (κ1) is 9.70. The van der Waals surface area contributed by atoms with Crippen LogP contribution in [0.15, 0.2) is 0 Å². The molecule has 1 amide bonds. The Hall–Kier alpha value is -1.30. The molecular weight excluding hydrogens is 152 g/mol. The van der Waals surface area contributed by atoms with Crippen molar-refractivity contribution in [3.8, 4) is 0 Å². The van der Waals surface area contributed by atoms with Gasteiger partial charge in [-0.2, -0.15) is 0 Å². The maximum absolute atomic E-state index is 10.4. The fourth-order valence-electron chi connectivity index (χ4n) is 0.309. The van der Waals surface area contributed by atoms with E-state index in [0.29, 0.717) is 0 Å². The van der Waals surface area contributed by atoms with Crippen molar-refractivity contribution in [2.45, 2.75) is 6.04 Å². The number of hydrogen-bond acceptors (Lipinski definition) is 4. The van der Waals surface area contributed by atoms with Crippen molar-refractivity contribution < 1.29 is 19.4 Å². The molecule has 11 heavy (non-hydrogen) atoms. The fourth-order valence-corrected chi connectivity index (χ4v) is 0.309. The lowest BCUT2D eigenvalue weighted by Crippen LogP contribution is -2.37. The number of hydrogen-bond donors (Lipinski definition) is 3. The number of carbonyl (C=O) groups excluding carboxylic acids is 1. The zero-order valence-electron chi connectivity index (χ0n) is 6.03. The SMILES string of the molecule is CNC(=O)OC[C@H](N)C(=O)O. The second-order valence-corrected chi connectivity index (χ2v) is 1.79. The van der Waals surface area contributed by atoms with Crippen LogP contribution in [0, 0.1) is 0 Å². The second-order valence-electron chi connectivity index (χ2n) is 1.79. The summed E-state index contributed by atoms with van der Waals surface area (Å²) in [5, 5.41) is 10.4. The van der Waals surface area contributed by atoms with Gasteiger partial charge in [0.15, 0.2) is 0 Å². The molecule has 0 heterocycles. The summed E-state index contributed by atoms with van der Waals surface area (Å²) in [5.74, 6) is -1.20. The molecule has 0 spiro atoms. The van der Waals surface area contributed by atoms with E-state index in [9.17, 15) is 9.59 Å². The van der Waals surface area contributed by atoms with Gasteiger partial charge in [-0.3, -0.25) is 4.79 Å². The zero-order chi connectivity index (χ0) is 8.85. The van der Waals surface area contributed by atoms with E-state index in [0.717, 1.165) is 0 Å². The van der Waals surface area contributed by atoms with Gasteiger partial charge in [-0.15, -0.1) is 0 Å². The number of amides is 1. The van der Waals surface area contributed by atoms with Gasteiger partial charge in [0.2, 0.25) is 0 Å². The fraction of sp³-hybridized carbons (Fsp3) is 0.600. The van der Waals surface area contributed by atoms with Crippen molar-refractivity contribution in [3.63, 3.8) is 0 Å². The number of rotatable bonds is 3. The lowest BCUT2D eigenvalue weighted by Gasteiger charge is -2.06. The summed E-state index contributed by atoms with van der Waals surface area (Å²) in [4.78, 5) is 20.4. The highest BCUT2D eigenvalue weighted by atomic mass is 16.5. The summed E-state index contributed by atoms with van der Waals surface area (Å²) in [6.07, 6.45) is -0.693. The van der Waals surface area contributed by atoms with Gasteiger partial charge in [0.1, 0.15) is 12.6 Å². The van der Waals surface area contributed by atoms with Crippen LogP contribution in [0.1, 0.15) is 0 Å². The number of carboxylic acids is 1. The highest BCUT2D eigenvalue weighted by Gasteiger charge is 2.12. The summed E-state index contributed by atoms with van der Waals surface area (Å²) < 4.78 is 4.36. The van der Waals surface area contributed by atoms with Crippen molar-refractivity contribution in [3.05, 3.63) is 0 Å². The topological polar surface area (TPSA) is 102 Å². The predicted molar refractivity (Wildman–Crippen MR) is 36.0 cm³/mol. The third kappa shape index (κ3) is 4.15. The summed E-state index contributed by atoms with van der Waals surface area (Å²) >= 11 is 0. The summed E-state index contributed by atoms with van der Waals surface area (Å²) in [5.41, 5.74) is 5.01. The minimum atomic E-state index is -1.20. The maximum atomic E-state index is 10.4. The van der Waals surface area contributed by atoms with Gasteiger partial charge in [0, 0.05) is 7.05 Å². The van der Waals surface area contributed by atoms with Crippen molar-refractivity contribution >= 4 is 12.1 Å². The van der Waals surface area contributed by atoms with E-state index in [1.807, 2.05) is 0 Å². The molecule has 0 unspecified atom stereocenters. The third-order valence-corrected chi connectivity index (χ3v) is 0.915. The van der Waals surface area contributed by atoms with E-state index in [4.69, 9.17) is 10.8 Å². The largest absolute Gasteiger partial charge is 0.480 e. The molecule has 0 fully saturated rings. The maximum Gasteiger partial charge on any atom is 0.406 e. The molecule has 0 aromatic rings. The van der Waals surface area contributed by atoms with E-state index >= 15 is 0 Å². The Morgan fingerprint density at radius 1 is 1.73 bits per heavy atom. The first-order valence-corrected chi connectivity index (χ1v) is 2.90. The smallest absolute Gasteiger partial charge is 0.406 e. The van der Waals surface area contributed by atoms with Gasteiger partial charge in [-0.1, -0.05) is 0 Å². The Morgan fingerprint density at radius 3 is 2.64 bits per heavy atom. The molecule has 0 aromatic carbocycles. The predicted octanol–water partition coefficient (Wildman–Crippen LogP) is -1.25. The van der Waals surface area contributed by atoms with Crippen LogP contribution in [0.4, 0.5) is 4.79 Å². The van der Waals surface area contributed by atoms with Crippen molar-refractivity contribution in [1.29, 1.82) is 0 Å². The van der Waals surface area contributed by atoms with Crippen LogP contribution in [0.3, 0.4) is 0 Å². The number of carbonyl (C=O) groups is 2. The highest BCUT2D eigenvalue weighted by Crippen LogP contribution is 1.82. The van der Waals surface area contributed by atoms with E-state index < -0.39 is 18.1 Å². The number of alkyl carbamates (subject to hydrolysis) is 1. The standard InChI is InChI=1S/C5H10N2O4/c1-7-5(10)11-2-3(6)4(8)9/h3H,2,6H2,1H3,(H,7,10)(H,8,9)/t3-/m0/s1. The molecule has 6 heteroatoms. The summed E-state index contributed by atoms with van der Waals surface area (Å²) in [7, 11) is 1.37. The number of nitrogens with two attached hydrogens (primary N) is 1. The second kappa shape index (κ2) is 4.51. The molecular formula is C5H10N2O4. The summed E-state index contributed by atoms with van der Waals surface area (Å²) in [6, 6.07) is -1.16. The molecule has 0 aliphatic carbocycles. The van der Waals surface area contributed by atoms with Crippen LogP contribution < -0.4 is 11.1 Å². The Kier molecular flexibility index (Phi) is 3.97. The molecule has 0 aliphatic rings. The first-order valence-electron chi connectivity index (χ1n) is 2.90. The first-order chi connectivity index (χ1) is 5.07. The van der Waals surface area contributed by atoms with Gasteiger partial charge >= 0.3 is 12.1 Å². The Balaban J connectivity index is 3.54. The molecule has 0 bridgehead atoms. The molecule has 64 valence electrons. The molecule has 0 radical (unpaired) electrons. The average molecular weight is 162 g/mol. The monoisotopic (exact) mass is 162 g/mol.